The number of hydrogen-bond acceptors (Lipinski definition) is 2. The molecular weight excluding hydrogens is 152 g/mol. The van der Waals surface area contributed by atoms with Crippen LogP contribution in [0.5, 0.6) is 0 Å². The molecule has 1 atom stereocenters. The molecule has 0 amide bonds. The van der Waals surface area contributed by atoms with Crippen LogP contribution in [0.15, 0.2) is 0 Å². The molecule has 0 fully saturated rings. The minimum absolute atomic E-state index is 0.403. The Kier molecular flexibility index (Phi) is 13.1. The first-order valence-electron chi connectivity index (χ1n) is 4.61. The summed E-state index contributed by atoms with van der Waals surface area (Å²) in [4.78, 5) is 0. The van der Waals surface area contributed by atoms with Crippen LogP contribution >= 0.6 is 0 Å². The largest absolute Gasteiger partial charge is 0.385 e. The quantitative estimate of drug-likeness (QED) is 0.655. The molecule has 0 spiro atoms. The third kappa shape index (κ3) is 12.6. The van der Waals surface area contributed by atoms with E-state index >= 15 is 0 Å². The summed E-state index contributed by atoms with van der Waals surface area (Å²) in [5, 5.41) is 0. The second kappa shape index (κ2) is 10.9. The van der Waals surface area contributed by atoms with Gasteiger partial charge in [0.25, 0.3) is 0 Å². The zero-order valence-corrected chi connectivity index (χ0v) is 9.39. The van der Waals surface area contributed by atoms with E-state index in [4.69, 9.17) is 9.47 Å². The van der Waals surface area contributed by atoms with Crippen molar-refractivity contribution < 1.29 is 9.47 Å². The Hall–Kier alpha value is -0.0800. The Morgan fingerprint density at radius 3 is 1.58 bits per heavy atom. The third-order valence-corrected chi connectivity index (χ3v) is 1.72. The van der Waals surface area contributed by atoms with Crippen LogP contribution in [0.1, 0.15) is 34.1 Å². The first kappa shape index (κ1) is 14.4. The highest BCUT2D eigenvalue weighted by Crippen LogP contribution is 2.01. The van der Waals surface area contributed by atoms with Crippen molar-refractivity contribution in [1.29, 1.82) is 0 Å². The number of hydrogen-bond donors (Lipinski definition) is 0. The molecule has 0 aromatic carbocycles. The van der Waals surface area contributed by atoms with Gasteiger partial charge in [0.05, 0.1) is 6.10 Å². The average Bonchev–Trinajstić information content (AvgIpc) is 2.05. The van der Waals surface area contributed by atoms with E-state index in [1.165, 1.54) is 0 Å². The molecule has 0 heterocycles. The Morgan fingerprint density at radius 1 is 1.08 bits per heavy atom. The van der Waals surface area contributed by atoms with Crippen molar-refractivity contribution in [1.82, 2.24) is 0 Å². The van der Waals surface area contributed by atoms with Crippen molar-refractivity contribution in [2.75, 3.05) is 20.8 Å². The summed E-state index contributed by atoms with van der Waals surface area (Å²) in [6, 6.07) is 0. The smallest absolute Gasteiger partial charge is 0.0566 e. The van der Waals surface area contributed by atoms with Crippen molar-refractivity contribution in [2.24, 2.45) is 5.92 Å². The lowest BCUT2D eigenvalue weighted by Gasteiger charge is -2.11. The second-order valence-electron chi connectivity index (χ2n) is 3.18. The zero-order chi connectivity index (χ0) is 9.98. The molecular formula is C10H24O2. The van der Waals surface area contributed by atoms with Gasteiger partial charge in [-0.05, 0) is 19.3 Å². The van der Waals surface area contributed by atoms with Gasteiger partial charge in [-0.3, -0.25) is 0 Å². The van der Waals surface area contributed by atoms with Gasteiger partial charge in [0.15, 0.2) is 0 Å². The molecule has 0 aliphatic heterocycles. The van der Waals surface area contributed by atoms with Gasteiger partial charge in [0, 0.05) is 20.8 Å². The topological polar surface area (TPSA) is 18.5 Å². The maximum absolute atomic E-state index is 5.01. The molecule has 0 aromatic heterocycles. The number of ether oxygens (including phenoxy) is 2. The van der Waals surface area contributed by atoms with Crippen molar-refractivity contribution in [3.63, 3.8) is 0 Å². The molecule has 2 nitrogen and oxygen atoms in total. The van der Waals surface area contributed by atoms with Gasteiger partial charge in [0.1, 0.15) is 0 Å². The molecule has 0 N–H and O–H groups in total. The lowest BCUT2D eigenvalue weighted by atomic mass is 10.1. The molecule has 0 saturated carbocycles. The molecule has 0 aliphatic rings. The van der Waals surface area contributed by atoms with E-state index in [0.29, 0.717) is 12.0 Å². The molecule has 0 saturated heterocycles. The van der Waals surface area contributed by atoms with E-state index in [1.807, 2.05) is 0 Å². The van der Waals surface area contributed by atoms with E-state index in [0.717, 1.165) is 13.0 Å². The predicted octanol–water partition coefficient (Wildman–Crippen LogP) is 2.72. The minimum Gasteiger partial charge on any atom is -0.385 e. The van der Waals surface area contributed by atoms with E-state index in [1.54, 1.807) is 14.2 Å². The summed E-state index contributed by atoms with van der Waals surface area (Å²) >= 11 is 0. The highest BCUT2D eigenvalue weighted by Gasteiger charge is 2.01. The fraction of sp³-hybridized carbons (Fsp3) is 1.00. The fourth-order valence-corrected chi connectivity index (χ4v) is 0.476. The van der Waals surface area contributed by atoms with Gasteiger partial charge in [-0.2, -0.15) is 0 Å². The summed E-state index contributed by atoms with van der Waals surface area (Å²) in [5.41, 5.74) is 0. The molecule has 2 heteroatoms. The Bertz CT molecular complexity index is 70.2. The summed E-state index contributed by atoms with van der Waals surface area (Å²) in [7, 11) is 3.45. The maximum Gasteiger partial charge on any atom is 0.0566 e. The van der Waals surface area contributed by atoms with Gasteiger partial charge in [0.2, 0.25) is 0 Å². The van der Waals surface area contributed by atoms with Crippen molar-refractivity contribution in [3.05, 3.63) is 0 Å². The lowest BCUT2D eigenvalue weighted by Crippen LogP contribution is -2.11. The van der Waals surface area contributed by atoms with Crippen molar-refractivity contribution in [2.45, 2.75) is 40.2 Å². The average molecular weight is 176 g/mol. The molecule has 0 radical (unpaired) electrons. The van der Waals surface area contributed by atoms with Crippen LogP contribution in [0.25, 0.3) is 0 Å². The lowest BCUT2D eigenvalue weighted by molar-refractivity contribution is 0.0805. The number of methoxy groups -OCH3 is 2. The van der Waals surface area contributed by atoms with Gasteiger partial charge in [-0.1, -0.05) is 20.8 Å². The Morgan fingerprint density at radius 2 is 1.58 bits per heavy atom. The van der Waals surface area contributed by atoms with Crippen LogP contribution in [-0.4, -0.2) is 26.9 Å². The maximum atomic E-state index is 5.01. The monoisotopic (exact) mass is 176 g/mol. The van der Waals surface area contributed by atoms with Crippen molar-refractivity contribution in [3.8, 4) is 0 Å². The highest BCUT2D eigenvalue weighted by molar-refractivity contribution is 4.51. The summed E-state index contributed by atoms with van der Waals surface area (Å²) in [5.74, 6) is 0.644. The van der Waals surface area contributed by atoms with Crippen molar-refractivity contribution >= 4 is 0 Å². The molecule has 0 aliphatic carbocycles. The molecule has 76 valence electrons. The fourth-order valence-electron chi connectivity index (χ4n) is 0.476. The Labute approximate surface area is 77.3 Å². The normalized spacial score (nSPS) is 12.2. The molecule has 1 unspecified atom stereocenters. The van der Waals surface area contributed by atoms with Crippen LogP contribution < -0.4 is 0 Å². The standard InChI is InChI=1S/C6H14O.C4H10O/c1-5(2)6(3)7-4;1-3-4-5-2/h5-6H,1-4H3;3-4H2,1-2H3. The van der Waals surface area contributed by atoms with Gasteiger partial charge < -0.3 is 9.47 Å². The van der Waals surface area contributed by atoms with Crippen LogP contribution in [0, 0.1) is 5.92 Å². The van der Waals surface area contributed by atoms with E-state index in [-0.39, 0.29) is 0 Å². The van der Waals surface area contributed by atoms with Crippen LogP contribution in [0.2, 0.25) is 0 Å². The van der Waals surface area contributed by atoms with Crippen LogP contribution in [-0.2, 0) is 9.47 Å². The van der Waals surface area contributed by atoms with E-state index in [2.05, 4.69) is 27.7 Å². The first-order chi connectivity index (χ1) is 5.59. The molecule has 12 heavy (non-hydrogen) atoms. The van der Waals surface area contributed by atoms with E-state index in [9.17, 15) is 0 Å². The summed E-state index contributed by atoms with van der Waals surface area (Å²) < 4.78 is 9.70. The Balaban J connectivity index is 0. The second-order valence-corrected chi connectivity index (χ2v) is 3.18. The van der Waals surface area contributed by atoms with Gasteiger partial charge in [-0.15, -0.1) is 0 Å². The summed E-state index contributed by atoms with van der Waals surface area (Å²) in [6.07, 6.45) is 1.52. The predicted molar refractivity (Wildman–Crippen MR) is 53.5 cm³/mol. The molecule has 0 aromatic rings. The SMILES string of the molecule is CCCOC.COC(C)C(C)C. The van der Waals surface area contributed by atoms with E-state index < -0.39 is 0 Å². The summed E-state index contributed by atoms with van der Waals surface area (Å²) in [6.45, 7) is 9.34. The zero-order valence-electron chi connectivity index (χ0n) is 9.39. The molecule has 0 rings (SSSR count). The van der Waals surface area contributed by atoms with Gasteiger partial charge >= 0.3 is 0 Å². The third-order valence-electron chi connectivity index (χ3n) is 1.72. The number of rotatable bonds is 4. The molecule has 0 bridgehead atoms. The minimum atomic E-state index is 0.403. The van der Waals surface area contributed by atoms with Gasteiger partial charge in [-0.25, -0.2) is 0 Å². The highest BCUT2D eigenvalue weighted by atomic mass is 16.5. The first-order valence-corrected chi connectivity index (χ1v) is 4.61. The van der Waals surface area contributed by atoms with Crippen LogP contribution in [0.4, 0.5) is 0 Å². The van der Waals surface area contributed by atoms with Crippen LogP contribution in [0.3, 0.4) is 0 Å².